The smallest absolute Gasteiger partial charge is 0.0716 e. The summed E-state index contributed by atoms with van der Waals surface area (Å²) in [5, 5.41) is 3.56. The molecule has 1 aromatic rings. The monoisotopic (exact) mass is 273 g/mol. The lowest BCUT2D eigenvalue weighted by Crippen LogP contribution is -2.19. The van der Waals surface area contributed by atoms with E-state index in [4.69, 9.17) is 4.74 Å². The van der Waals surface area contributed by atoms with E-state index in [1.54, 1.807) is 0 Å². The van der Waals surface area contributed by atoms with Gasteiger partial charge in [-0.05, 0) is 49.3 Å². The molecule has 0 aromatic heterocycles. The van der Waals surface area contributed by atoms with Gasteiger partial charge >= 0.3 is 0 Å². The topological polar surface area (TPSA) is 21.3 Å². The lowest BCUT2D eigenvalue weighted by atomic mass is 9.83. The number of benzene rings is 1. The van der Waals surface area contributed by atoms with Gasteiger partial charge in [-0.2, -0.15) is 0 Å². The third-order valence-corrected chi connectivity index (χ3v) is 4.61. The van der Waals surface area contributed by atoms with E-state index in [2.05, 4.69) is 29.6 Å². The molecular formula is C18H27NO. The number of ether oxygens (including phenoxy) is 1. The van der Waals surface area contributed by atoms with Crippen molar-refractivity contribution in [3.8, 4) is 0 Å². The highest BCUT2D eigenvalue weighted by molar-refractivity contribution is 5.22. The van der Waals surface area contributed by atoms with Crippen molar-refractivity contribution in [1.29, 1.82) is 0 Å². The van der Waals surface area contributed by atoms with Crippen LogP contribution in [0.2, 0.25) is 0 Å². The predicted molar refractivity (Wildman–Crippen MR) is 82.8 cm³/mol. The summed E-state index contributed by atoms with van der Waals surface area (Å²) in [7, 11) is 0. The van der Waals surface area contributed by atoms with Gasteiger partial charge in [0.2, 0.25) is 0 Å². The van der Waals surface area contributed by atoms with Crippen molar-refractivity contribution in [3.05, 3.63) is 35.4 Å². The number of rotatable bonds is 9. The van der Waals surface area contributed by atoms with Crippen molar-refractivity contribution >= 4 is 0 Å². The van der Waals surface area contributed by atoms with Gasteiger partial charge in [0.25, 0.3) is 0 Å². The first kappa shape index (κ1) is 14.1. The van der Waals surface area contributed by atoms with Gasteiger partial charge in [-0.1, -0.05) is 43.5 Å². The molecule has 2 aliphatic rings. The normalized spacial score (nSPS) is 19.0. The maximum atomic E-state index is 5.77. The molecule has 0 aliphatic heterocycles. The summed E-state index contributed by atoms with van der Waals surface area (Å²) in [6.45, 7) is 2.81. The van der Waals surface area contributed by atoms with Gasteiger partial charge in [-0.15, -0.1) is 0 Å². The van der Waals surface area contributed by atoms with Crippen LogP contribution in [0.4, 0.5) is 0 Å². The van der Waals surface area contributed by atoms with Gasteiger partial charge in [0.15, 0.2) is 0 Å². The first-order chi connectivity index (χ1) is 9.90. The Kier molecular flexibility index (Phi) is 5.10. The van der Waals surface area contributed by atoms with Crippen LogP contribution in [0.1, 0.15) is 49.7 Å². The van der Waals surface area contributed by atoms with Crippen LogP contribution in [-0.4, -0.2) is 19.2 Å². The molecule has 1 N–H and O–H groups in total. The van der Waals surface area contributed by atoms with Gasteiger partial charge in [0, 0.05) is 12.6 Å². The SMILES string of the molecule is c1cc(COCCC2CCC2)ccc1CCNC1CC1. The van der Waals surface area contributed by atoms with Crippen LogP contribution in [0.25, 0.3) is 0 Å². The fourth-order valence-corrected chi connectivity index (χ4v) is 2.73. The Morgan fingerprint density at radius 1 is 1.00 bits per heavy atom. The molecule has 0 saturated heterocycles. The van der Waals surface area contributed by atoms with Gasteiger partial charge in [0.1, 0.15) is 0 Å². The van der Waals surface area contributed by atoms with Crippen molar-refractivity contribution in [1.82, 2.24) is 5.32 Å². The molecule has 0 bridgehead atoms. The summed E-state index contributed by atoms with van der Waals surface area (Å²) in [5.41, 5.74) is 2.73. The molecule has 0 unspecified atom stereocenters. The molecule has 0 spiro atoms. The Hall–Kier alpha value is -0.860. The van der Waals surface area contributed by atoms with Crippen molar-refractivity contribution in [2.24, 2.45) is 5.92 Å². The highest BCUT2D eigenvalue weighted by atomic mass is 16.5. The van der Waals surface area contributed by atoms with Crippen molar-refractivity contribution < 1.29 is 4.74 Å². The Balaban J connectivity index is 1.30. The molecule has 0 atom stereocenters. The van der Waals surface area contributed by atoms with Crippen LogP contribution in [-0.2, 0) is 17.8 Å². The molecule has 3 rings (SSSR count). The molecule has 2 fully saturated rings. The molecule has 2 nitrogen and oxygen atoms in total. The lowest BCUT2D eigenvalue weighted by molar-refractivity contribution is 0.0950. The molecule has 2 aliphatic carbocycles. The highest BCUT2D eigenvalue weighted by Gasteiger charge is 2.19. The van der Waals surface area contributed by atoms with E-state index in [1.807, 2.05) is 0 Å². The summed E-state index contributed by atoms with van der Waals surface area (Å²) in [6, 6.07) is 9.75. The molecule has 0 heterocycles. The number of nitrogens with one attached hydrogen (secondary N) is 1. The first-order valence-corrected chi connectivity index (χ1v) is 8.29. The van der Waals surface area contributed by atoms with Crippen LogP contribution < -0.4 is 5.32 Å². The molecule has 0 radical (unpaired) electrons. The summed E-state index contributed by atoms with van der Waals surface area (Å²) in [6.07, 6.45) is 9.42. The third-order valence-electron chi connectivity index (χ3n) is 4.61. The van der Waals surface area contributed by atoms with Crippen LogP contribution in [0.5, 0.6) is 0 Å². The number of hydrogen-bond acceptors (Lipinski definition) is 2. The summed E-state index contributed by atoms with van der Waals surface area (Å²) in [4.78, 5) is 0. The van der Waals surface area contributed by atoms with E-state index < -0.39 is 0 Å². The largest absolute Gasteiger partial charge is 0.377 e. The van der Waals surface area contributed by atoms with E-state index >= 15 is 0 Å². The van der Waals surface area contributed by atoms with E-state index in [0.29, 0.717) is 0 Å². The van der Waals surface area contributed by atoms with Gasteiger partial charge in [-0.3, -0.25) is 0 Å². The lowest BCUT2D eigenvalue weighted by Gasteiger charge is -2.24. The maximum Gasteiger partial charge on any atom is 0.0716 e. The summed E-state index contributed by atoms with van der Waals surface area (Å²) in [5.74, 6) is 0.955. The van der Waals surface area contributed by atoms with E-state index in [0.717, 1.165) is 38.1 Å². The van der Waals surface area contributed by atoms with Gasteiger partial charge in [0.05, 0.1) is 6.61 Å². The second-order valence-electron chi connectivity index (χ2n) is 6.43. The molecule has 1 aromatic carbocycles. The Morgan fingerprint density at radius 2 is 1.75 bits per heavy atom. The zero-order valence-electron chi connectivity index (χ0n) is 12.4. The molecule has 0 amide bonds. The van der Waals surface area contributed by atoms with Gasteiger partial charge in [-0.25, -0.2) is 0 Å². The Labute approximate surface area is 122 Å². The predicted octanol–water partition coefficient (Wildman–Crippen LogP) is 3.69. The van der Waals surface area contributed by atoms with E-state index in [1.165, 1.54) is 49.7 Å². The van der Waals surface area contributed by atoms with Crippen molar-refractivity contribution in [2.75, 3.05) is 13.2 Å². The minimum atomic E-state index is 0.771. The second-order valence-corrected chi connectivity index (χ2v) is 6.43. The van der Waals surface area contributed by atoms with Crippen molar-refractivity contribution in [3.63, 3.8) is 0 Å². The highest BCUT2D eigenvalue weighted by Crippen LogP contribution is 2.29. The van der Waals surface area contributed by atoms with Crippen LogP contribution >= 0.6 is 0 Å². The van der Waals surface area contributed by atoms with Crippen LogP contribution in [0.3, 0.4) is 0 Å². The third kappa shape index (κ3) is 4.60. The van der Waals surface area contributed by atoms with Crippen LogP contribution in [0.15, 0.2) is 24.3 Å². The zero-order chi connectivity index (χ0) is 13.6. The average Bonchev–Trinajstić information content (AvgIpc) is 3.22. The molecule has 2 saturated carbocycles. The standard InChI is InChI=1S/C18H27NO/c1-2-15(3-1)11-13-20-14-17-6-4-16(5-7-17)10-12-19-18-8-9-18/h4-7,15,18-19H,1-3,8-14H2. The fraction of sp³-hybridized carbons (Fsp3) is 0.667. The van der Waals surface area contributed by atoms with E-state index in [9.17, 15) is 0 Å². The summed E-state index contributed by atoms with van der Waals surface area (Å²) < 4.78 is 5.77. The quantitative estimate of drug-likeness (QED) is 0.693. The molecule has 20 heavy (non-hydrogen) atoms. The van der Waals surface area contributed by atoms with Crippen molar-refractivity contribution in [2.45, 2.75) is 57.6 Å². The average molecular weight is 273 g/mol. The van der Waals surface area contributed by atoms with Crippen LogP contribution in [0, 0.1) is 5.92 Å². The molecule has 110 valence electrons. The second kappa shape index (κ2) is 7.24. The Bertz CT molecular complexity index is 392. The minimum Gasteiger partial charge on any atom is -0.377 e. The Morgan fingerprint density at radius 3 is 2.40 bits per heavy atom. The maximum absolute atomic E-state index is 5.77. The first-order valence-electron chi connectivity index (χ1n) is 8.29. The van der Waals surface area contributed by atoms with Gasteiger partial charge < -0.3 is 10.1 Å². The molecule has 2 heteroatoms. The summed E-state index contributed by atoms with van der Waals surface area (Å²) >= 11 is 0. The van der Waals surface area contributed by atoms with E-state index in [-0.39, 0.29) is 0 Å². The number of hydrogen-bond donors (Lipinski definition) is 1. The zero-order valence-corrected chi connectivity index (χ0v) is 12.4. The molecular weight excluding hydrogens is 246 g/mol. The fourth-order valence-electron chi connectivity index (χ4n) is 2.73. The minimum absolute atomic E-state index is 0.771.